The number of ether oxygens (including phenoxy) is 1. The highest BCUT2D eigenvalue weighted by Crippen LogP contribution is 2.14. The SMILES string of the molecule is CCOC1CCN(CC(=O)c2cccc(C)c2)CC1. The number of hydrogen-bond donors (Lipinski definition) is 0. The van der Waals surface area contributed by atoms with Crippen molar-refractivity contribution in [3.8, 4) is 0 Å². The van der Waals surface area contributed by atoms with Crippen LogP contribution in [0.4, 0.5) is 0 Å². The summed E-state index contributed by atoms with van der Waals surface area (Å²) in [6.07, 6.45) is 2.46. The molecule has 1 heterocycles. The largest absolute Gasteiger partial charge is 0.378 e. The number of Topliss-reactive ketones (excluding diaryl/α,β-unsaturated/α-hetero) is 1. The van der Waals surface area contributed by atoms with Crippen molar-refractivity contribution in [2.75, 3.05) is 26.2 Å². The summed E-state index contributed by atoms with van der Waals surface area (Å²) < 4.78 is 5.62. The quantitative estimate of drug-likeness (QED) is 0.763. The molecule has 1 fully saturated rings. The summed E-state index contributed by atoms with van der Waals surface area (Å²) >= 11 is 0. The third-order valence-corrected chi connectivity index (χ3v) is 3.64. The van der Waals surface area contributed by atoms with Crippen LogP contribution in [-0.2, 0) is 4.74 Å². The van der Waals surface area contributed by atoms with Gasteiger partial charge in [0.15, 0.2) is 5.78 Å². The molecular weight excluding hydrogens is 238 g/mol. The van der Waals surface area contributed by atoms with Gasteiger partial charge in [-0.1, -0.05) is 23.8 Å². The predicted octanol–water partition coefficient (Wildman–Crippen LogP) is 2.68. The molecule has 2 rings (SSSR count). The van der Waals surface area contributed by atoms with Crippen molar-refractivity contribution < 1.29 is 9.53 Å². The third kappa shape index (κ3) is 4.15. The minimum atomic E-state index is 0.221. The molecule has 0 bridgehead atoms. The maximum absolute atomic E-state index is 12.2. The molecule has 3 nitrogen and oxygen atoms in total. The average molecular weight is 261 g/mol. The van der Waals surface area contributed by atoms with Crippen LogP contribution in [0, 0.1) is 6.92 Å². The van der Waals surface area contributed by atoms with E-state index in [1.165, 1.54) is 0 Å². The van der Waals surface area contributed by atoms with Crippen LogP contribution in [0.5, 0.6) is 0 Å². The van der Waals surface area contributed by atoms with Gasteiger partial charge in [0.1, 0.15) is 0 Å². The van der Waals surface area contributed by atoms with Crippen molar-refractivity contribution in [2.45, 2.75) is 32.8 Å². The van der Waals surface area contributed by atoms with Gasteiger partial charge in [0.25, 0.3) is 0 Å². The van der Waals surface area contributed by atoms with Gasteiger partial charge in [-0.3, -0.25) is 9.69 Å². The zero-order valence-electron chi connectivity index (χ0n) is 11.9. The molecule has 0 aromatic heterocycles. The van der Waals surface area contributed by atoms with E-state index < -0.39 is 0 Å². The lowest BCUT2D eigenvalue weighted by Gasteiger charge is -2.31. The van der Waals surface area contributed by atoms with Crippen LogP contribution in [0.25, 0.3) is 0 Å². The Balaban J connectivity index is 1.84. The minimum absolute atomic E-state index is 0.221. The Labute approximate surface area is 115 Å². The predicted molar refractivity (Wildman–Crippen MR) is 76.6 cm³/mol. The number of rotatable bonds is 5. The van der Waals surface area contributed by atoms with E-state index in [0.29, 0.717) is 12.6 Å². The molecule has 0 aliphatic carbocycles. The molecule has 1 aromatic rings. The smallest absolute Gasteiger partial charge is 0.176 e. The Morgan fingerprint density at radius 1 is 1.37 bits per heavy atom. The second-order valence-electron chi connectivity index (χ2n) is 5.22. The van der Waals surface area contributed by atoms with E-state index in [4.69, 9.17) is 4.74 Å². The summed E-state index contributed by atoms with van der Waals surface area (Å²) in [6.45, 7) is 7.29. The van der Waals surface area contributed by atoms with Crippen LogP contribution in [-0.4, -0.2) is 43.0 Å². The normalized spacial score (nSPS) is 17.6. The van der Waals surface area contributed by atoms with Gasteiger partial charge in [-0.2, -0.15) is 0 Å². The lowest BCUT2D eigenvalue weighted by atomic mass is 10.0. The molecule has 0 saturated carbocycles. The highest BCUT2D eigenvalue weighted by Gasteiger charge is 2.21. The fraction of sp³-hybridized carbons (Fsp3) is 0.562. The van der Waals surface area contributed by atoms with E-state index in [9.17, 15) is 4.79 Å². The van der Waals surface area contributed by atoms with E-state index in [2.05, 4.69) is 4.90 Å². The van der Waals surface area contributed by atoms with E-state index in [1.807, 2.05) is 38.1 Å². The topological polar surface area (TPSA) is 29.5 Å². The fourth-order valence-corrected chi connectivity index (χ4v) is 2.58. The maximum Gasteiger partial charge on any atom is 0.176 e. The number of carbonyl (C=O) groups excluding carboxylic acids is 1. The molecule has 0 N–H and O–H groups in total. The minimum Gasteiger partial charge on any atom is -0.378 e. The van der Waals surface area contributed by atoms with Crippen molar-refractivity contribution in [3.63, 3.8) is 0 Å². The molecular formula is C16H23NO2. The summed E-state index contributed by atoms with van der Waals surface area (Å²) in [5.74, 6) is 0.221. The number of nitrogens with zero attached hydrogens (tertiary/aromatic N) is 1. The molecule has 1 aliphatic heterocycles. The van der Waals surface area contributed by atoms with Gasteiger partial charge < -0.3 is 4.74 Å². The summed E-state index contributed by atoms with van der Waals surface area (Å²) in [6, 6.07) is 7.84. The molecule has 0 radical (unpaired) electrons. The molecule has 1 saturated heterocycles. The van der Waals surface area contributed by atoms with Crippen LogP contribution in [0.2, 0.25) is 0 Å². The van der Waals surface area contributed by atoms with Crippen molar-refractivity contribution in [1.29, 1.82) is 0 Å². The average Bonchev–Trinajstić information content (AvgIpc) is 2.41. The number of piperidine rings is 1. The zero-order valence-corrected chi connectivity index (χ0v) is 11.9. The van der Waals surface area contributed by atoms with Crippen LogP contribution in [0.1, 0.15) is 35.7 Å². The van der Waals surface area contributed by atoms with Crippen molar-refractivity contribution in [1.82, 2.24) is 4.90 Å². The molecule has 0 unspecified atom stereocenters. The Morgan fingerprint density at radius 3 is 2.74 bits per heavy atom. The summed E-state index contributed by atoms with van der Waals surface area (Å²) in [5.41, 5.74) is 1.97. The lowest BCUT2D eigenvalue weighted by molar-refractivity contribution is 0.0147. The van der Waals surface area contributed by atoms with E-state index >= 15 is 0 Å². The summed E-state index contributed by atoms with van der Waals surface area (Å²) in [4.78, 5) is 14.4. The first-order valence-electron chi connectivity index (χ1n) is 7.13. The third-order valence-electron chi connectivity index (χ3n) is 3.64. The second kappa shape index (κ2) is 6.83. The number of hydrogen-bond acceptors (Lipinski definition) is 3. The molecule has 19 heavy (non-hydrogen) atoms. The molecule has 1 aliphatic rings. The number of likely N-dealkylation sites (tertiary alicyclic amines) is 1. The summed E-state index contributed by atoms with van der Waals surface area (Å²) in [7, 11) is 0. The van der Waals surface area contributed by atoms with Gasteiger partial charge in [-0.15, -0.1) is 0 Å². The van der Waals surface area contributed by atoms with Gasteiger partial charge in [0.05, 0.1) is 12.6 Å². The summed E-state index contributed by atoms with van der Waals surface area (Å²) in [5, 5.41) is 0. The van der Waals surface area contributed by atoms with E-state index in [0.717, 1.165) is 43.7 Å². The first-order valence-corrected chi connectivity index (χ1v) is 7.13. The molecule has 0 spiro atoms. The van der Waals surface area contributed by atoms with Gasteiger partial charge in [0, 0.05) is 25.3 Å². The van der Waals surface area contributed by atoms with E-state index in [1.54, 1.807) is 0 Å². The maximum atomic E-state index is 12.2. The van der Waals surface area contributed by atoms with E-state index in [-0.39, 0.29) is 5.78 Å². The molecule has 0 atom stereocenters. The van der Waals surface area contributed by atoms with Crippen LogP contribution in [0.3, 0.4) is 0 Å². The monoisotopic (exact) mass is 261 g/mol. The Morgan fingerprint density at radius 2 is 2.11 bits per heavy atom. The van der Waals surface area contributed by atoms with Crippen molar-refractivity contribution in [3.05, 3.63) is 35.4 Å². The van der Waals surface area contributed by atoms with Gasteiger partial charge in [-0.05, 0) is 32.8 Å². The van der Waals surface area contributed by atoms with Crippen LogP contribution >= 0.6 is 0 Å². The van der Waals surface area contributed by atoms with Crippen molar-refractivity contribution in [2.24, 2.45) is 0 Å². The van der Waals surface area contributed by atoms with Gasteiger partial charge >= 0.3 is 0 Å². The number of carbonyl (C=O) groups is 1. The highest BCUT2D eigenvalue weighted by molar-refractivity contribution is 5.97. The molecule has 0 amide bonds. The first-order chi connectivity index (χ1) is 9.19. The zero-order chi connectivity index (χ0) is 13.7. The lowest BCUT2D eigenvalue weighted by Crippen LogP contribution is -2.39. The molecule has 104 valence electrons. The van der Waals surface area contributed by atoms with Crippen LogP contribution in [0.15, 0.2) is 24.3 Å². The molecule has 1 aromatic carbocycles. The van der Waals surface area contributed by atoms with Gasteiger partial charge in [0.2, 0.25) is 0 Å². The number of ketones is 1. The number of aryl methyl sites for hydroxylation is 1. The van der Waals surface area contributed by atoms with Crippen molar-refractivity contribution >= 4 is 5.78 Å². The molecule has 3 heteroatoms. The second-order valence-corrected chi connectivity index (χ2v) is 5.22. The standard InChI is InChI=1S/C16H23NO2/c1-3-19-15-7-9-17(10-8-15)12-16(18)14-6-4-5-13(2)11-14/h4-6,11,15H,3,7-10,12H2,1-2H3. The Hall–Kier alpha value is -1.19. The Bertz CT molecular complexity index is 423. The van der Waals surface area contributed by atoms with Crippen LogP contribution < -0.4 is 0 Å². The Kier molecular flexibility index (Phi) is 5.11. The van der Waals surface area contributed by atoms with Gasteiger partial charge in [-0.25, -0.2) is 0 Å². The number of benzene rings is 1. The highest BCUT2D eigenvalue weighted by atomic mass is 16.5. The first kappa shape index (κ1) is 14.2. The fourth-order valence-electron chi connectivity index (χ4n) is 2.58.